The number of carboxylic acids is 1. The number of aliphatic carboxylic acids is 1. The Bertz CT molecular complexity index is 748. The summed E-state index contributed by atoms with van der Waals surface area (Å²) in [6.07, 6.45) is 2.70. The third kappa shape index (κ3) is 3.55. The molecular weight excluding hydrogens is 322 g/mol. The Balaban J connectivity index is 2.32. The number of rotatable bonds is 6. The molecule has 0 aromatic carbocycles. The van der Waals surface area contributed by atoms with Gasteiger partial charge in [0.25, 0.3) is 5.91 Å². The average molecular weight is 338 g/mol. The molecule has 7 nitrogen and oxygen atoms in total. The molecule has 0 saturated carbocycles. The van der Waals surface area contributed by atoms with Crippen LogP contribution in [-0.2, 0) is 28.1 Å². The highest BCUT2D eigenvalue weighted by Crippen LogP contribution is 2.31. The van der Waals surface area contributed by atoms with Crippen LogP contribution in [0, 0.1) is 0 Å². The van der Waals surface area contributed by atoms with E-state index < -0.39 is 35.3 Å². The summed E-state index contributed by atoms with van der Waals surface area (Å²) in [5, 5.41) is 14.8. The average Bonchev–Trinajstić information content (AvgIpc) is 2.94. The molecule has 2 aromatic heterocycles. The maximum absolute atomic E-state index is 14.3. The number of aromatic nitrogens is 3. The highest BCUT2D eigenvalue weighted by atomic mass is 19.3. The third-order valence-electron chi connectivity index (χ3n) is 3.48. The predicted octanol–water partition coefficient (Wildman–Crippen LogP) is 1.41. The number of halogens is 2. The number of aryl methyl sites for hydroxylation is 1. The molecule has 0 bridgehead atoms. The zero-order valence-electron chi connectivity index (χ0n) is 13.0. The molecule has 0 radical (unpaired) electrons. The van der Waals surface area contributed by atoms with Gasteiger partial charge >= 0.3 is 11.9 Å². The molecule has 0 aliphatic rings. The van der Waals surface area contributed by atoms with Crippen LogP contribution in [0.5, 0.6) is 0 Å². The van der Waals surface area contributed by atoms with E-state index in [0.717, 1.165) is 17.1 Å². The Morgan fingerprint density at radius 1 is 1.38 bits per heavy atom. The largest absolute Gasteiger partial charge is 0.481 e. The Morgan fingerprint density at radius 2 is 2.08 bits per heavy atom. The van der Waals surface area contributed by atoms with E-state index in [-0.39, 0.29) is 5.69 Å². The number of hydrogen-bond donors (Lipinski definition) is 2. The summed E-state index contributed by atoms with van der Waals surface area (Å²) in [4.78, 5) is 27.2. The first-order chi connectivity index (χ1) is 11.1. The van der Waals surface area contributed by atoms with Crippen molar-refractivity contribution in [2.24, 2.45) is 7.05 Å². The Kier molecular flexibility index (Phi) is 4.63. The quantitative estimate of drug-likeness (QED) is 0.830. The molecule has 2 heterocycles. The number of pyridine rings is 1. The lowest BCUT2D eigenvalue weighted by Crippen LogP contribution is -2.50. The van der Waals surface area contributed by atoms with E-state index in [1.54, 1.807) is 12.1 Å². The summed E-state index contributed by atoms with van der Waals surface area (Å²) in [6.45, 7) is 1.33. The van der Waals surface area contributed by atoms with Crippen molar-refractivity contribution < 1.29 is 23.5 Å². The molecule has 0 saturated heterocycles. The number of alkyl halides is 2. The third-order valence-corrected chi connectivity index (χ3v) is 3.48. The minimum atomic E-state index is -3.86. The molecule has 128 valence electrons. The van der Waals surface area contributed by atoms with Gasteiger partial charge in [-0.2, -0.15) is 13.9 Å². The van der Waals surface area contributed by atoms with Gasteiger partial charge in [0.1, 0.15) is 0 Å². The van der Waals surface area contributed by atoms with Crippen molar-refractivity contribution in [2.75, 3.05) is 0 Å². The second-order valence-electron chi connectivity index (χ2n) is 5.55. The molecule has 1 atom stereocenters. The normalized spacial score (nSPS) is 14.0. The van der Waals surface area contributed by atoms with Crippen LogP contribution in [0.4, 0.5) is 8.78 Å². The summed E-state index contributed by atoms with van der Waals surface area (Å²) in [5.74, 6) is -6.74. The van der Waals surface area contributed by atoms with E-state index >= 15 is 0 Å². The number of carbonyl (C=O) groups is 2. The van der Waals surface area contributed by atoms with Gasteiger partial charge in [-0.1, -0.05) is 6.07 Å². The maximum Gasteiger partial charge on any atom is 0.352 e. The fourth-order valence-corrected chi connectivity index (χ4v) is 2.23. The fourth-order valence-electron chi connectivity index (χ4n) is 2.23. The van der Waals surface area contributed by atoms with Crippen LogP contribution in [-0.4, -0.2) is 31.7 Å². The summed E-state index contributed by atoms with van der Waals surface area (Å²) < 4.78 is 29.8. The molecule has 9 heteroatoms. The molecule has 0 fully saturated rings. The number of carbonyl (C=O) groups excluding carboxylic acids is 1. The van der Waals surface area contributed by atoms with Gasteiger partial charge in [-0.3, -0.25) is 19.3 Å². The van der Waals surface area contributed by atoms with Crippen molar-refractivity contribution in [1.29, 1.82) is 0 Å². The minimum Gasteiger partial charge on any atom is -0.481 e. The van der Waals surface area contributed by atoms with Gasteiger partial charge < -0.3 is 10.4 Å². The lowest BCUT2D eigenvalue weighted by atomic mass is 9.92. The smallest absolute Gasteiger partial charge is 0.352 e. The lowest BCUT2D eigenvalue weighted by molar-refractivity contribution is -0.150. The molecule has 0 aliphatic carbocycles. The summed E-state index contributed by atoms with van der Waals surface area (Å²) >= 11 is 0. The van der Waals surface area contributed by atoms with Crippen molar-refractivity contribution >= 4 is 11.9 Å². The summed E-state index contributed by atoms with van der Waals surface area (Å²) in [6, 6.07) is 4.63. The van der Waals surface area contributed by atoms with E-state index in [1.165, 1.54) is 26.2 Å². The first kappa shape index (κ1) is 17.5. The number of carboxylic acid groups (broad SMARTS) is 1. The maximum atomic E-state index is 14.3. The van der Waals surface area contributed by atoms with Crippen LogP contribution in [0.2, 0.25) is 0 Å². The summed E-state index contributed by atoms with van der Waals surface area (Å²) in [7, 11) is 1.44. The van der Waals surface area contributed by atoms with Gasteiger partial charge in [-0.25, -0.2) is 0 Å². The van der Waals surface area contributed by atoms with Gasteiger partial charge in [0.2, 0.25) is 0 Å². The van der Waals surface area contributed by atoms with Crippen molar-refractivity contribution in [3.05, 3.63) is 48.0 Å². The molecule has 1 unspecified atom stereocenters. The first-order valence-electron chi connectivity index (χ1n) is 6.98. The molecule has 2 rings (SSSR count). The first-order valence-corrected chi connectivity index (χ1v) is 6.98. The van der Waals surface area contributed by atoms with Gasteiger partial charge in [-0.15, -0.1) is 0 Å². The zero-order valence-corrected chi connectivity index (χ0v) is 13.0. The molecular formula is C15H16F2N4O3. The molecule has 1 amide bonds. The van der Waals surface area contributed by atoms with Crippen molar-refractivity contribution in [3.63, 3.8) is 0 Å². The van der Waals surface area contributed by atoms with Crippen LogP contribution in [0.15, 0.2) is 36.8 Å². The molecule has 2 aromatic rings. The fraction of sp³-hybridized carbons (Fsp3) is 0.333. The Hall–Kier alpha value is -2.84. The molecule has 2 N–H and O–H groups in total. The van der Waals surface area contributed by atoms with E-state index in [1.807, 2.05) is 0 Å². The summed E-state index contributed by atoms with van der Waals surface area (Å²) in [5.41, 5.74) is -2.00. The van der Waals surface area contributed by atoms with Gasteiger partial charge in [-0.05, 0) is 19.1 Å². The topological polar surface area (TPSA) is 97.1 Å². The minimum absolute atomic E-state index is 0.169. The van der Waals surface area contributed by atoms with Crippen LogP contribution in [0.25, 0.3) is 0 Å². The highest BCUT2D eigenvalue weighted by molar-refractivity contribution is 5.86. The second-order valence-corrected chi connectivity index (χ2v) is 5.55. The number of amides is 1. The van der Waals surface area contributed by atoms with Gasteiger partial charge in [0.05, 0.1) is 29.4 Å². The zero-order chi connectivity index (χ0) is 18.0. The molecule has 24 heavy (non-hydrogen) atoms. The molecule has 0 spiro atoms. The SMILES string of the molecule is Cn1cc(C(F)(F)C(=O)NC(C)(CC(=O)O)c2ccccn2)cn1. The standard InChI is InChI=1S/C15H16F2N4O3/c1-14(7-12(22)23,11-5-3-4-6-18-11)20-13(24)15(16,17)10-8-19-21(2)9-10/h3-6,8-9H,7H2,1-2H3,(H,20,24)(H,22,23). The van der Waals surface area contributed by atoms with Crippen molar-refractivity contribution in [2.45, 2.75) is 24.8 Å². The number of nitrogens with one attached hydrogen (secondary N) is 1. The van der Waals surface area contributed by atoms with Crippen LogP contribution in [0.3, 0.4) is 0 Å². The monoisotopic (exact) mass is 338 g/mol. The lowest BCUT2D eigenvalue weighted by Gasteiger charge is -2.30. The van der Waals surface area contributed by atoms with Crippen molar-refractivity contribution in [1.82, 2.24) is 20.1 Å². The number of hydrogen-bond acceptors (Lipinski definition) is 4. The van der Waals surface area contributed by atoms with Crippen LogP contribution in [0.1, 0.15) is 24.6 Å². The Labute approximate surface area is 136 Å². The number of nitrogens with zero attached hydrogens (tertiary/aromatic N) is 3. The van der Waals surface area contributed by atoms with Crippen LogP contribution >= 0.6 is 0 Å². The second kappa shape index (κ2) is 6.34. The Morgan fingerprint density at radius 3 is 2.58 bits per heavy atom. The predicted molar refractivity (Wildman–Crippen MR) is 79.1 cm³/mol. The van der Waals surface area contributed by atoms with Gasteiger partial charge in [0, 0.05) is 19.4 Å². The molecule has 0 aliphatic heterocycles. The van der Waals surface area contributed by atoms with E-state index in [4.69, 9.17) is 5.11 Å². The van der Waals surface area contributed by atoms with E-state index in [2.05, 4.69) is 15.4 Å². The van der Waals surface area contributed by atoms with Crippen molar-refractivity contribution in [3.8, 4) is 0 Å². The van der Waals surface area contributed by atoms with Crippen LogP contribution < -0.4 is 5.32 Å². The van der Waals surface area contributed by atoms with E-state index in [9.17, 15) is 18.4 Å². The highest BCUT2D eigenvalue weighted by Gasteiger charge is 2.46. The van der Waals surface area contributed by atoms with Gasteiger partial charge in [0.15, 0.2) is 0 Å². The van der Waals surface area contributed by atoms with E-state index in [0.29, 0.717) is 0 Å².